The number of halogens is 1. The van der Waals surface area contributed by atoms with Crippen LogP contribution in [0.5, 0.6) is 5.75 Å². The average molecular weight is 485 g/mol. The van der Waals surface area contributed by atoms with Gasteiger partial charge >= 0.3 is 0 Å². The molecular formula is C27H37FN4O3. The first-order valence-electron chi connectivity index (χ1n) is 12.1. The molecule has 3 rings (SSSR count). The minimum Gasteiger partial charge on any atom is -0.484 e. The molecule has 0 atom stereocenters. The number of anilines is 2. The summed E-state index contributed by atoms with van der Waals surface area (Å²) in [5.41, 5.74) is 2.24. The molecule has 0 unspecified atom stereocenters. The maximum absolute atomic E-state index is 14.2. The van der Waals surface area contributed by atoms with Gasteiger partial charge in [0.05, 0.1) is 5.69 Å². The minimum absolute atomic E-state index is 0.106. The lowest BCUT2D eigenvalue weighted by atomic mass is 10.1. The minimum atomic E-state index is -0.407. The predicted octanol–water partition coefficient (Wildman–Crippen LogP) is 3.77. The number of fused-ring (bicyclic) bond motifs is 1. The smallest absolute Gasteiger partial charge is 0.260 e. The molecule has 0 saturated carbocycles. The van der Waals surface area contributed by atoms with E-state index in [2.05, 4.69) is 18.7 Å². The molecule has 35 heavy (non-hydrogen) atoms. The molecule has 1 aliphatic rings. The van der Waals surface area contributed by atoms with Crippen LogP contribution in [0, 0.1) is 5.82 Å². The fraction of sp³-hybridized carbons (Fsp3) is 0.481. The van der Waals surface area contributed by atoms with E-state index in [0.29, 0.717) is 37.1 Å². The van der Waals surface area contributed by atoms with Crippen molar-refractivity contribution in [3.05, 3.63) is 53.8 Å². The molecule has 0 N–H and O–H groups in total. The van der Waals surface area contributed by atoms with Crippen molar-refractivity contribution in [2.75, 3.05) is 56.7 Å². The van der Waals surface area contributed by atoms with Crippen molar-refractivity contribution in [2.24, 2.45) is 0 Å². The van der Waals surface area contributed by atoms with Crippen LogP contribution in [0.4, 0.5) is 15.8 Å². The van der Waals surface area contributed by atoms with Crippen LogP contribution in [0.25, 0.3) is 0 Å². The molecule has 0 bridgehead atoms. The second kappa shape index (κ2) is 12.0. The van der Waals surface area contributed by atoms with Gasteiger partial charge in [0.25, 0.3) is 5.91 Å². The second-order valence-corrected chi connectivity index (χ2v) is 9.42. The van der Waals surface area contributed by atoms with Gasteiger partial charge in [-0.15, -0.1) is 0 Å². The summed E-state index contributed by atoms with van der Waals surface area (Å²) in [7, 11) is 3.90. The number of carbonyl (C=O) groups is 2. The summed E-state index contributed by atoms with van der Waals surface area (Å²) in [6.07, 6.45) is 0.757. The van der Waals surface area contributed by atoms with E-state index in [1.807, 2.05) is 43.3 Å². The second-order valence-electron chi connectivity index (χ2n) is 9.42. The Bertz CT molecular complexity index is 1030. The van der Waals surface area contributed by atoms with Gasteiger partial charge < -0.3 is 19.4 Å². The Kier molecular flexibility index (Phi) is 9.09. The van der Waals surface area contributed by atoms with Crippen molar-refractivity contribution in [3.63, 3.8) is 0 Å². The normalized spacial score (nSPS) is 15.4. The molecule has 0 aromatic heterocycles. The van der Waals surface area contributed by atoms with Crippen molar-refractivity contribution < 1.29 is 18.7 Å². The van der Waals surface area contributed by atoms with Gasteiger partial charge in [-0.1, -0.05) is 12.1 Å². The van der Waals surface area contributed by atoms with Gasteiger partial charge in [0, 0.05) is 71.5 Å². The van der Waals surface area contributed by atoms with Crippen LogP contribution in [0.3, 0.4) is 0 Å². The summed E-state index contributed by atoms with van der Waals surface area (Å²) >= 11 is 0. The van der Waals surface area contributed by atoms with Gasteiger partial charge in [-0.3, -0.25) is 14.5 Å². The number of hydrogen-bond donors (Lipinski definition) is 0. The highest BCUT2D eigenvalue weighted by atomic mass is 19.1. The molecule has 2 aromatic carbocycles. The molecular weight excluding hydrogens is 447 g/mol. The number of rotatable bonds is 5. The number of amides is 2. The number of nitrogens with zero attached hydrogens (tertiary/aromatic N) is 4. The standard InChI is InChI=1S/C27H37FN4O3/c1-20(2)30-12-7-13-32(21(3)33)26-16-23(28)11-10-22(26)18-31(15-14-30)27(34)19-35-25-9-6-8-24(17-25)29(4)5/h6,8-11,16-17,20H,7,12-15,18-19H2,1-5H3. The van der Waals surface area contributed by atoms with Crippen molar-refractivity contribution in [1.82, 2.24) is 9.80 Å². The van der Waals surface area contributed by atoms with Gasteiger partial charge in [0.15, 0.2) is 6.61 Å². The van der Waals surface area contributed by atoms with Crippen molar-refractivity contribution >= 4 is 23.2 Å². The molecule has 190 valence electrons. The number of ether oxygens (including phenoxy) is 1. The largest absolute Gasteiger partial charge is 0.484 e. The Hall–Kier alpha value is -3.13. The maximum Gasteiger partial charge on any atom is 0.260 e. The highest BCUT2D eigenvalue weighted by Gasteiger charge is 2.24. The summed E-state index contributed by atoms with van der Waals surface area (Å²) in [6.45, 7) is 8.39. The van der Waals surface area contributed by atoms with E-state index in [9.17, 15) is 14.0 Å². The molecule has 0 radical (unpaired) electrons. The Labute approximate surface area is 208 Å². The quantitative estimate of drug-likeness (QED) is 0.647. The third kappa shape index (κ3) is 7.18. The molecule has 1 heterocycles. The monoisotopic (exact) mass is 484 g/mol. The third-order valence-electron chi connectivity index (χ3n) is 6.34. The van der Waals surface area contributed by atoms with Crippen molar-refractivity contribution in [2.45, 2.75) is 39.8 Å². The fourth-order valence-corrected chi connectivity index (χ4v) is 4.26. The van der Waals surface area contributed by atoms with Gasteiger partial charge in [-0.2, -0.15) is 0 Å². The van der Waals surface area contributed by atoms with E-state index in [0.717, 1.165) is 24.2 Å². The third-order valence-corrected chi connectivity index (χ3v) is 6.34. The Morgan fingerprint density at radius 2 is 1.83 bits per heavy atom. The van der Waals surface area contributed by atoms with E-state index in [4.69, 9.17) is 4.74 Å². The van der Waals surface area contributed by atoms with Crippen LogP contribution < -0.4 is 14.5 Å². The molecule has 0 saturated heterocycles. The molecule has 2 aromatic rings. The van der Waals surface area contributed by atoms with Crippen molar-refractivity contribution in [3.8, 4) is 5.75 Å². The van der Waals surface area contributed by atoms with Gasteiger partial charge in [-0.25, -0.2) is 4.39 Å². The van der Waals surface area contributed by atoms with E-state index in [1.165, 1.54) is 19.1 Å². The van der Waals surface area contributed by atoms with E-state index < -0.39 is 5.82 Å². The molecule has 1 aliphatic heterocycles. The van der Waals surface area contributed by atoms with Crippen LogP contribution in [0.1, 0.15) is 32.8 Å². The van der Waals surface area contributed by atoms with E-state index >= 15 is 0 Å². The first-order chi connectivity index (χ1) is 16.7. The maximum atomic E-state index is 14.2. The number of hydrogen-bond acceptors (Lipinski definition) is 5. The average Bonchev–Trinajstić information content (AvgIpc) is 2.85. The summed E-state index contributed by atoms with van der Waals surface area (Å²) in [5, 5.41) is 0. The first-order valence-corrected chi connectivity index (χ1v) is 12.1. The van der Waals surface area contributed by atoms with Crippen LogP contribution >= 0.6 is 0 Å². The molecule has 7 nitrogen and oxygen atoms in total. The van der Waals surface area contributed by atoms with Gasteiger partial charge in [0.1, 0.15) is 11.6 Å². The lowest BCUT2D eigenvalue weighted by molar-refractivity contribution is -0.134. The fourth-order valence-electron chi connectivity index (χ4n) is 4.26. The zero-order valence-electron chi connectivity index (χ0n) is 21.5. The zero-order chi connectivity index (χ0) is 25.5. The topological polar surface area (TPSA) is 56.3 Å². The lowest BCUT2D eigenvalue weighted by Crippen LogP contribution is -2.42. The Morgan fingerprint density at radius 3 is 2.51 bits per heavy atom. The SMILES string of the molecule is CC(=O)N1CCCN(C(C)C)CCN(C(=O)COc2cccc(N(C)C)c2)Cc2ccc(F)cc21. The number of benzene rings is 2. The van der Waals surface area contributed by atoms with E-state index in [-0.39, 0.29) is 25.0 Å². The predicted molar refractivity (Wildman–Crippen MR) is 137 cm³/mol. The first kappa shape index (κ1) is 26.5. The zero-order valence-corrected chi connectivity index (χ0v) is 21.5. The summed E-state index contributed by atoms with van der Waals surface area (Å²) in [4.78, 5) is 33.4. The van der Waals surface area contributed by atoms with Gasteiger partial charge in [-0.05, 0) is 50.1 Å². The number of carbonyl (C=O) groups excluding carboxylic acids is 2. The lowest BCUT2D eigenvalue weighted by Gasteiger charge is -2.30. The molecule has 8 heteroatoms. The van der Waals surface area contributed by atoms with Crippen LogP contribution in [0.2, 0.25) is 0 Å². The van der Waals surface area contributed by atoms with Gasteiger partial charge in [0.2, 0.25) is 5.91 Å². The van der Waals surface area contributed by atoms with Crippen molar-refractivity contribution in [1.29, 1.82) is 0 Å². The summed E-state index contributed by atoms with van der Waals surface area (Å²) < 4.78 is 20.0. The Balaban J connectivity index is 1.86. The van der Waals surface area contributed by atoms with E-state index in [1.54, 1.807) is 15.9 Å². The van der Waals surface area contributed by atoms with Crippen LogP contribution in [-0.4, -0.2) is 74.5 Å². The summed E-state index contributed by atoms with van der Waals surface area (Å²) in [5.74, 6) is -0.0888. The molecule has 0 aliphatic carbocycles. The highest BCUT2D eigenvalue weighted by Crippen LogP contribution is 2.26. The molecule has 2 amide bonds. The molecule has 0 fully saturated rings. The molecule has 0 spiro atoms. The van der Waals surface area contributed by atoms with Crippen LogP contribution in [-0.2, 0) is 16.1 Å². The highest BCUT2D eigenvalue weighted by molar-refractivity contribution is 5.92. The van der Waals surface area contributed by atoms with Crippen LogP contribution in [0.15, 0.2) is 42.5 Å². The Morgan fingerprint density at radius 1 is 1.06 bits per heavy atom. The summed E-state index contributed by atoms with van der Waals surface area (Å²) in [6, 6.07) is 12.3.